The molecule has 0 fully saturated rings. The fraction of sp³-hybridized carbons (Fsp3) is 0.0667. The molecule has 98 valence electrons. The van der Waals surface area contributed by atoms with E-state index in [1.807, 2.05) is 19.1 Å². The van der Waals surface area contributed by atoms with Gasteiger partial charge in [0.2, 0.25) is 0 Å². The number of hydrogen-bond donors (Lipinski definition) is 1. The Morgan fingerprint density at radius 1 is 1.00 bits per heavy atom. The van der Waals surface area contributed by atoms with Crippen LogP contribution in [-0.2, 0) is 0 Å². The van der Waals surface area contributed by atoms with E-state index in [4.69, 9.17) is 0 Å². The average molecular weight is 264 g/mol. The second kappa shape index (κ2) is 5.05. The number of carbonyl (C=O) groups excluding carboxylic acids is 1. The Bertz CT molecular complexity index is 768. The SMILES string of the molecule is Cc1ccc(NC(=O)c2ccc3nccnc3c2)cn1. The summed E-state index contributed by atoms with van der Waals surface area (Å²) in [6.07, 6.45) is 4.86. The number of pyridine rings is 1. The van der Waals surface area contributed by atoms with Gasteiger partial charge in [-0.2, -0.15) is 0 Å². The largest absolute Gasteiger partial charge is 0.321 e. The van der Waals surface area contributed by atoms with Crippen LogP contribution in [0.5, 0.6) is 0 Å². The van der Waals surface area contributed by atoms with Crippen molar-refractivity contribution in [2.75, 3.05) is 5.32 Å². The maximum atomic E-state index is 12.2. The summed E-state index contributed by atoms with van der Waals surface area (Å²) in [7, 11) is 0. The molecule has 0 unspecified atom stereocenters. The van der Waals surface area contributed by atoms with E-state index in [1.54, 1.807) is 36.8 Å². The van der Waals surface area contributed by atoms with Crippen LogP contribution in [0.3, 0.4) is 0 Å². The first kappa shape index (κ1) is 12.2. The summed E-state index contributed by atoms with van der Waals surface area (Å²) in [6.45, 7) is 1.90. The molecule has 0 saturated carbocycles. The predicted molar refractivity (Wildman–Crippen MR) is 76.5 cm³/mol. The number of anilines is 1. The molecule has 2 aromatic heterocycles. The van der Waals surface area contributed by atoms with Crippen LogP contribution in [-0.4, -0.2) is 20.9 Å². The molecule has 5 nitrogen and oxygen atoms in total. The van der Waals surface area contributed by atoms with Crippen molar-refractivity contribution < 1.29 is 4.79 Å². The lowest BCUT2D eigenvalue weighted by Crippen LogP contribution is -2.12. The third kappa shape index (κ3) is 2.47. The van der Waals surface area contributed by atoms with Gasteiger partial charge in [0.05, 0.1) is 22.9 Å². The second-order valence-corrected chi connectivity index (χ2v) is 4.40. The number of amides is 1. The van der Waals surface area contributed by atoms with E-state index < -0.39 is 0 Å². The Hall–Kier alpha value is -2.82. The molecule has 0 aliphatic heterocycles. The minimum absolute atomic E-state index is 0.191. The summed E-state index contributed by atoms with van der Waals surface area (Å²) < 4.78 is 0. The number of nitrogens with zero attached hydrogens (tertiary/aromatic N) is 3. The molecule has 0 bridgehead atoms. The highest BCUT2D eigenvalue weighted by Gasteiger charge is 2.07. The van der Waals surface area contributed by atoms with Gasteiger partial charge in [0.25, 0.3) is 5.91 Å². The molecular weight excluding hydrogens is 252 g/mol. The van der Waals surface area contributed by atoms with Gasteiger partial charge in [-0.3, -0.25) is 19.7 Å². The van der Waals surface area contributed by atoms with Crippen LogP contribution < -0.4 is 5.32 Å². The number of nitrogens with one attached hydrogen (secondary N) is 1. The molecule has 1 N–H and O–H groups in total. The Balaban J connectivity index is 1.86. The third-order valence-corrected chi connectivity index (χ3v) is 2.90. The summed E-state index contributed by atoms with van der Waals surface area (Å²) in [6, 6.07) is 8.90. The highest BCUT2D eigenvalue weighted by molar-refractivity contribution is 6.05. The number of hydrogen-bond acceptors (Lipinski definition) is 4. The van der Waals surface area contributed by atoms with Crippen LogP contribution >= 0.6 is 0 Å². The third-order valence-electron chi connectivity index (χ3n) is 2.90. The van der Waals surface area contributed by atoms with E-state index in [-0.39, 0.29) is 5.91 Å². The van der Waals surface area contributed by atoms with Crippen LogP contribution in [0.25, 0.3) is 11.0 Å². The number of aromatic nitrogens is 3. The van der Waals surface area contributed by atoms with E-state index in [0.29, 0.717) is 16.8 Å². The van der Waals surface area contributed by atoms with Crippen molar-refractivity contribution in [1.29, 1.82) is 0 Å². The van der Waals surface area contributed by atoms with Gasteiger partial charge in [-0.25, -0.2) is 0 Å². The van der Waals surface area contributed by atoms with Crippen molar-refractivity contribution in [3.8, 4) is 0 Å². The van der Waals surface area contributed by atoms with Gasteiger partial charge in [0.15, 0.2) is 0 Å². The normalized spacial score (nSPS) is 10.4. The number of fused-ring (bicyclic) bond motifs is 1. The standard InChI is InChI=1S/C15H12N4O/c1-10-2-4-12(9-18-10)19-15(20)11-3-5-13-14(8-11)17-7-6-16-13/h2-9H,1H3,(H,19,20). The minimum atomic E-state index is -0.191. The molecule has 3 rings (SSSR count). The van der Waals surface area contributed by atoms with E-state index in [2.05, 4.69) is 20.3 Å². The van der Waals surface area contributed by atoms with Crippen molar-refractivity contribution in [2.45, 2.75) is 6.92 Å². The first-order chi connectivity index (χ1) is 9.72. The first-order valence-electron chi connectivity index (χ1n) is 6.17. The van der Waals surface area contributed by atoms with Gasteiger partial charge >= 0.3 is 0 Å². The van der Waals surface area contributed by atoms with Gasteiger partial charge in [0, 0.05) is 23.7 Å². The van der Waals surface area contributed by atoms with Gasteiger partial charge < -0.3 is 5.32 Å². The highest BCUT2D eigenvalue weighted by Crippen LogP contribution is 2.13. The molecule has 0 radical (unpaired) electrons. The Morgan fingerprint density at radius 2 is 1.80 bits per heavy atom. The predicted octanol–water partition coefficient (Wildman–Crippen LogP) is 2.59. The monoisotopic (exact) mass is 264 g/mol. The fourth-order valence-corrected chi connectivity index (χ4v) is 1.85. The molecule has 1 amide bonds. The van der Waals surface area contributed by atoms with Gasteiger partial charge in [0.1, 0.15) is 0 Å². The van der Waals surface area contributed by atoms with E-state index >= 15 is 0 Å². The van der Waals surface area contributed by atoms with Crippen molar-refractivity contribution >= 4 is 22.6 Å². The minimum Gasteiger partial charge on any atom is -0.321 e. The van der Waals surface area contributed by atoms with Crippen LogP contribution in [0.4, 0.5) is 5.69 Å². The smallest absolute Gasteiger partial charge is 0.255 e. The topological polar surface area (TPSA) is 67.8 Å². The number of benzene rings is 1. The van der Waals surface area contributed by atoms with Gasteiger partial charge in [-0.05, 0) is 37.3 Å². The molecule has 3 aromatic rings. The second-order valence-electron chi connectivity index (χ2n) is 4.40. The first-order valence-corrected chi connectivity index (χ1v) is 6.17. The van der Waals surface area contributed by atoms with Crippen LogP contribution in [0.1, 0.15) is 16.1 Å². The summed E-state index contributed by atoms with van der Waals surface area (Å²) >= 11 is 0. The molecule has 5 heteroatoms. The summed E-state index contributed by atoms with van der Waals surface area (Å²) in [5, 5.41) is 2.80. The summed E-state index contributed by atoms with van der Waals surface area (Å²) in [5.74, 6) is -0.191. The maximum Gasteiger partial charge on any atom is 0.255 e. The van der Waals surface area contributed by atoms with E-state index in [0.717, 1.165) is 11.2 Å². The molecule has 0 aliphatic rings. The summed E-state index contributed by atoms with van der Waals surface area (Å²) in [5.41, 5.74) is 3.57. The van der Waals surface area contributed by atoms with Crippen LogP contribution in [0.15, 0.2) is 48.9 Å². The van der Waals surface area contributed by atoms with Gasteiger partial charge in [-0.1, -0.05) is 0 Å². The molecule has 2 heterocycles. The molecule has 0 atom stereocenters. The van der Waals surface area contributed by atoms with E-state index in [1.165, 1.54) is 0 Å². The summed E-state index contributed by atoms with van der Waals surface area (Å²) in [4.78, 5) is 24.7. The van der Waals surface area contributed by atoms with Gasteiger partial charge in [-0.15, -0.1) is 0 Å². The Kier molecular flexibility index (Phi) is 3.09. The number of rotatable bonds is 2. The highest BCUT2D eigenvalue weighted by atomic mass is 16.1. The van der Waals surface area contributed by atoms with Crippen molar-refractivity contribution in [1.82, 2.24) is 15.0 Å². The van der Waals surface area contributed by atoms with Crippen LogP contribution in [0, 0.1) is 6.92 Å². The molecule has 1 aromatic carbocycles. The zero-order valence-corrected chi connectivity index (χ0v) is 10.9. The average Bonchev–Trinajstić information content (AvgIpc) is 2.49. The van der Waals surface area contributed by atoms with Crippen LogP contribution in [0.2, 0.25) is 0 Å². The molecule has 0 saturated heterocycles. The lowest BCUT2D eigenvalue weighted by atomic mass is 10.2. The molecular formula is C15H12N4O. The zero-order valence-electron chi connectivity index (χ0n) is 10.9. The van der Waals surface area contributed by atoms with Crippen molar-refractivity contribution in [3.63, 3.8) is 0 Å². The molecule has 0 aliphatic carbocycles. The number of carbonyl (C=O) groups is 1. The lowest BCUT2D eigenvalue weighted by Gasteiger charge is -2.05. The fourth-order valence-electron chi connectivity index (χ4n) is 1.85. The maximum absolute atomic E-state index is 12.2. The zero-order chi connectivity index (χ0) is 13.9. The Morgan fingerprint density at radius 3 is 2.55 bits per heavy atom. The molecule has 0 spiro atoms. The Labute approximate surface area is 115 Å². The van der Waals surface area contributed by atoms with Crippen molar-refractivity contribution in [2.24, 2.45) is 0 Å². The lowest BCUT2D eigenvalue weighted by molar-refractivity contribution is 0.102. The molecule has 20 heavy (non-hydrogen) atoms. The number of aryl methyl sites for hydroxylation is 1. The van der Waals surface area contributed by atoms with Crippen molar-refractivity contribution in [3.05, 3.63) is 60.2 Å². The quantitative estimate of drug-likeness (QED) is 0.772. The van der Waals surface area contributed by atoms with E-state index in [9.17, 15) is 4.79 Å².